The van der Waals surface area contributed by atoms with Gasteiger partial charge in [0.2, 0.25) is 5.95 Å². The lowest BCUT2D eigenvalue weighted by molar-refractivity contribution is -0.137. The van der Waals surface area contributed by atoms with Crippen LogP contribution in [0, 0.1) is 6.92 Å². The van der Waals surface area contributed by atoms with Crippen molar-refractivity contribution in [1.29, 1.82) is 0 Å². The predicted molar refractivity (Wildman–Crippen MR) is 65.5 cm³/mol. The fourth-order valence-electron chi connectivity index (χ4n) is 1.48. The maximum atomic E-state index is 12.4. The predicted octanol–water partition coefficient (Wildman–Crippen LogP) is 3.42. The third-order valence-corrected chi connectivity index (χ3v) is 2.51. The first kappa shape index (κ1) is 13.3. The van der Waals surface area contributed by atoms with E-state index in [0.717, 1.165) is 23.3 Å². The largest absolute Gasteiger partial charge is 0.416 e. The summed E-state index contributed by atoms with van der Waals surface area (Å²) < 4.78 is 37.1. The molecular weight excluding hydrogens is 255 g/mol. The van der Waals surface area contributed by atoms with Crippen molar-refractivity contribution >= 4 is 5.95 Å². The molecule has 2 rings (SSSR count). The normalized spacial score (nSPS) is 11.4. The fourth-order valence-corrected chi connectivity index (χ4v) is 1.48. The Hall–Kier alpha value is -2.11. The van der Waals surface area contributed by atoms with Gasteiger partial charge in [-0.1, -0.05) is 12.1 Å². The zero-order chi connectivity index (χ0) is 13.9. The van der Waals surface area contributed by atoms with Crippen molar-refractivity contribution < 1.29 is 13.2 Å². The first-order chi connectivity index (χ1) is 8.95. The van der Waals surface area contributed by atoms with Crippen molar-refractivity contribution in [2.45, 2.75) is 19.6 Å². The minimum Gasteiger partial charge on any atom is -0.350 e. The summed E-state index contributed by atoms with van der Waals surface area (Å²) in [5.74, 6) is 0.450. The zero-order valence-corrected chi connectivity index (χ0v) is 10.2. The number of rotatable bonds is 3. The monoisotopic (exact) mass is 267 g/mol. The van der Waals surface area contributed by atoms with E-state index in [9.17, 15) is 13.2 Å². The average molecular weight is 267 g/mol. The fraction of sp³-hybridized carbons (Fsp3) is 0.231. The molecule has 1 aromatic heterocycles. The van der Waals surface area contributed by atoms with E-state index >= 15 is 0 Å². The van der Waals surface area contributed by atoms with Crippen LogP contribution in [-0.4, -0.2) is 9.97 Å². The summed E-state index contributed by atoms with van der Waals surface area (Å²) >= 11 is 0. The van der Waals surface area contributed by atoms with Gasteiger partial charge < -0.3 is 5.32 Å². The first-order valence-electron chi connectivity index (χ1n) is 5.64. The highest BCUT2D eigenvalue weighted by molar-refractivity contribution is 5.30. The molecule has 6 heteroatoms. The number of hydrogen-bond donors (Lipinski definition) is 1. The van der Waals surface area contributed by atoms with Crippen LogP contribution in [0.1, 0.15) is 16.7 Å². The average Bonchev–Trinajstić information content (AvgIpc) is 2.37. The second-order valence-electron chi connectivity index (χ2n) is 4.13. The van der Waals surface area contributed by atoms with Crippen LogP contribution in [0.25, 0.3) is 0 Å². The van der Waals surface area contributed by atoms with Crippen molar-refractivity contribution in [2.24, 2.45) is 0 Å². The molecule has 0 radical (unpaired) electrons. The molecule has 0 fully saturated rings. The van der Waals surface area contributed by atoms with E-state index in [4.69, 9.17) is 0 Å². The van der Waals surface area contributed by atoms with Gasteiger partial charge in [0, 0.05) is 18.9 Å². The second kappa shape index (κ2) is 5.26. The molecular formula is C13H12F3N3. The van der Waals surface area contributed by atoms with Crippen LogP contribution in [0.15, 0.2) is 36.7 Å². The van der Waals surface area contributed by atoms with E-state index in [-0.39, 0.29) is 0 Å². The number of nitrogens with zero attached hydrogens (tertiary/aromatic N) is 2. The van der Waals surface area contributed by atoms with Gasteiger partial charge in [0.25, 0.3) is 0 Å². The molecule has 1 aromatic carbocycles. The number of aryl methyl sites for hydroxylation is 1. The Balaban J connectivity index is 1.98. The van der Waals surface area contributed by atoms with Crippen LogP contribution in [0.2, 0.25) is 0 Å². The molecule has 2 aromatic rings. The maximum Gasteiger partial charge on any atom is 0.416 e. The number of anilines is 1. The lowest BCUT2D eigenvalue weighted by Crippen LogP contribution is -2.06. The van der Waals surface area contributed by atoms with Crippen LogP contribution in [-0.2, 0) is 12.7 Å². The van der Waals surface area contributed by atoms with E-state index in [2.05, 4.69) is 15.3 Å². The molecule has 0 unspecified atom stereocenters. The molecule has 0 aliphatic rings. The minimum absolute atomic E-state index is 0.376. The Labute approximate surface area is 108 Å². The van der Waals surface area contributed by atoms with Gasteiger partial charge in [-0.3, -0.25) is 0 Å². The summed E-state index contributed by atoms with van der Waals surface area (Å²) in [5, 5.41) is 2.94. The number of alkyl halides is 3. The molecule has 0 amide bonds. The molecule has 0 spiro atoms. The molecule has 3 nitrogen and oxygen atoms in total. The number of hydrogen-bond acceptors (Lipinski definition) is 3. The van der Waals surface area contributed by atoms with E-state index in [1.807, 2.05) is 6.92 Å². The number of aromatic nitrogens is 2. The summed E-state index contributed by atoms with van der Waals surface area (Å²) in [4.78, 5) is 8.10. The third-order valence-electron chi connectivity index (χ3n) is 2.51. The number of nitrogens with one attached hydrogen (secondary N) is 1. The lowest BCUT2D eigenvalue weighted by atomic mass is 10.1. The second-order valence-corrected chi connectivity index (χ2v) is 4.13. The first-order valence-corrected chi connectivity index (χ1v) is 5.64. The SMILES string of the molecule is Cc1cnc(NCc2ccc(C(F)(F)F)cc2)nc1. The Kier molecular flexibility index (Phi) is 3.69. The Morgan fingerprint density at radius 2 is 1.63 bits per heavy atom. The van der Waals surface area contributed by atoms with Gasteiger partial charge in [-0.05, 0) is 30.2 Å². The Morgan fingerprint density at radius 3 is 2.16 bits per heavy atom. The molecule has 1 N–H and O–H groups in total. The number of halogens is 3. The quantitative estimate of drug-likeness (QED) is 0.926. The highest BCUT2D eigenvalue weighted by Crippen LogP contribution is 2.29. The topological polar surface area (TPSA) is 37.8 Å². The van der Waals surface area contributed by atoms with Gasteiger partial charge in [-0.2, -0.15) is 13.2 Å². The van der Waals surface area contributed by atoms with Crippen LogP contribution in [0.3, 0.4) is 0 Å². The molecule has 0 saturated carbocycles. The van der Waals surface area contributed by atoms with Gasteiger partial charge in [0.1, 0.15) is 0 Å². The van der Waals surface area contributed by atoms with Gasteiger partial charge in [0.15, 0.2) is 0 Å². The van der Waals surface area contributed by atoms with Crippen LogP contribution < -0.4 is 5.32 Å². The van der Waals surface area contributed by atoms with E-state index in [1.54, 1.807) is 12.4 Å². The van der Waals surface area contributed by atoms with E-state index in [0.29, 0.717) is 12.5 Å². The van der Waals surface area contributed by atoms with Gasteiger partial charge in [-0.15, -0.1) is 0 Å². The highest BCUT2D eigenvalue weighted by atomic mass is 19.4. The van der Waals surface area contributed by atoms with Gasteiger partial charge in [-0.25, -0.2) is 9.97 Å². The minimum atomic E-state index is -4.30. The summed E-state index contributed by atoms with van der Waals surface area (Å²) in [5.41, 5.74) is 1.03. The number of benzene rings is 1. The van der Waals surface area contributed by atoms with Crippen molar-refractivity contribution in [3.63, 3.8) is 0 Å². The summed E-state index contributed by atoms with van der Waals surface area (Å²) in [7, 11) is 0. The van der Waals surface area contributed by atoms with E-state index < -0.39 is 11.7 Å². The maximum absolute atomic E-state index is 12.4. The van der Waals surface area contributed by atoms with Crippen LogP contribution in [0.4, 0.5) is 19.1 Å². The third kappa shape index (κ3) is 3.67. The summed E-state index contributed by atoms with van der Waals surface area (Å²) in [6, 6.07) is 4.99. The molecule has 0 atom stereocenters. The molecule has 0 aliphatic carbocycles. The van der Waals surface area contributed by atoms with Crippen molar-refractivity contribution in [1.82, 2.24) is 9.97 Å². The van der Waals surface area contributed by atoms with Gasteiger partial charge >= 0.3 is 6.18 Å². The Morgan fingerprint density at radius 1 is 1.05 bits per heavy atom. The molecule has 0 bridgehead atoms. The zero-order valence-electron chi connectivity index (χ0n) is 10.2. The van der Waals surface area contributed by atoms with Gasteiger partial charge in [0.05, 0.1) is 5.56 Å². The smallest absolute Gasteiger partial charge is 0.350 e. The van der Waals surface area contributed by atoms with E-state index in [1.165, 1.54) is 12.1 Å². The highest BCUT2D eigenvalue weighted by Gasteiger charge is 2.29. The molecule has 0 aliphatic heterocycles. The van der Waals surface area contributed by atoms with Crippen molar-refractivity contribution in [2.75, 3.05) is 5.32 Å². The van der Waals surface area contributed by atoms with Crippen LogP contribution >= 0.6 is 0 Å². The van der Waals surface area contributed by atoms with Crippen molar-refractivity contribution in [3.8, 4) is 0 Å². The van der Waals surface area contributed by atoms with Crippen molar-refractivity contribution in [3.05, 3.63) is 53.3 Å². The molecule has 1 heterocycles. The molecule has 100 valence electrons. The summed E-state index contributed by atoms with van der Waals surface area (Å²) in [6.07, 6.45) is -0.962. The van der Waals surface area contributed by atoms with Crippen LogP contribution in [0.5, 0.6) is 0 Å². The molecule has 0 saturated heterocycles. The molecule has 19 heavy (non-hydrogen) atoms. The standard InChI is InChI=1S/C13H12F3N3/c1-9-6-17-12(18-7-9)19-8-10-2-4-11(5-3-10)13(14,15)16/h2-7H,8H2,1H3,(H,17,18,19). The Bertz CT molecular complexity index is 533. The lowest BCUT2D eigenvalue weighted by Gasteiger charge is -2.08. The summed E-state index contributed by atoms with van der Waals surface area (Å²) in [6.45, 7) is 2.25.